The van der Waals surface area contributed by atoms with E-state index in [9.17, 15) is 14.0 Å². The molecule has 5 nitrogen and oxygen atoms in total. The summed E-state index contributed by atoms with van der Waals surface area (Å²) in [6.45, 7) is 7.16. The summed E-state index contributed by atoms with van der Waals surface area (Å²) in [5.74, 6) is -0.461. The van der Waals surface area contributed by atoms with Crippen molar-refractivity contribution in [2.45, 2.75) is 78.6 Å². The monoisotopic (exact) mass is 562 g/mol. The second-order valence-electron chi connectivity index (χ2n) is 10.6. The van der Waals surface area contributed by atoms with E-state index < -0.39 is 17.8 Å². The lowest BCUT2D eigenvalue weighted by Crippen LogP contribution is -2.12. The summed E-state index contributed by atoms with van der Waals surface area (Å²) in [6, 6.07) is 18.0. The van der Waals surface area contributed by atoms with Crippen LogP contribution >= 0.6 is 0 Å². The molecule has 0 fully saturated rings. The highest BCUT2D eigenvalue weighted by Crippen LogP contribution is 2.27. The van der Waals surface area contributed by atoms with Crippen molar-refractivity contribution in [3.05, 3.63) is 83.7 Å². The highest BCUT2D eigenvalue weighted by atomic mass is 19.1. The van der Waals surface area contributed by atoms with Crippen LogP contribution in [0.1, 0.15) is 99.3 Å². The molecule has 0 aromatic heterocycles. The van der Waals surface area contributed by atoms with E-state index in [1.807, 2.05) is 19.9 Å². The Morgan fingerprint density at radius 2 is 1.32 bits per heavy atom. The number of rotatable bonds is 17. The van der Waals surface area contributed by atoms with Gasteiger partial charge in [0.1, 0.15) is 5.75 Å². The Balaban J connectivity index is 1.46. The third-order valence-corrected chi connectivity index (χ3v) is 7.14. The summed E-state index contributed by atoms with van der Waals surface area (Å²) < 4.78 is 31.1. The normalized spacial score (nSPS) is 11.6. The van der Waals surface area contributed by atoms with E-state index in [1.165, 1.54) is 44.6 Å². The largest absolute Gasteiger partial charge is 0.491 e. The molecule has 3 aromatic carbocycles. The van der Waals surface area contributed by atoms with Crippen molar-refractivity contribution < 1.29 is 28.2 Å². The highest BCUT2D eigenvalue weighted by Gasteiger charge is 2.13. The van der Waals surface area contributed by atoms with E-state index in [1.54, 1.807) is 54.6 Å². The Hall–Kier alpha value is -3.67. The molecule has 0 saturated heterocycles. The van der Waals surface area contributed by atoms with E-state index in [2.05, 4.69) is 6.92 Å². The predicted molar refractivity (Wildman–Crippen MR) is 161 cm³/mol. The number of benzene rings is 3. The zero-order chi connectivity index (χ0) is 29.5. The average Bonchev–Trinajstić information content (AvgIpc) is 3.00. The third kappa shape index (κ3) is 10.7. The topological polar surface area (TPSA) is 61.8 Å². The van der Waals surface area contributed by atoms with Crippen LogP contribution in [0.15, 0.2) is 66.7 Å². The van der Waals surface area contributed by atoms with Gasteiger partial charge in [0.2, 0.25) is 0 Å². The van der Waals surface area contributed by atoms with E-state index >= 15 is 0 Å². The van der Waals surface area contributed by atoms with E-state index in [-0.39, 0.29) is 5.75 Å². The third-order valence-electron chi connectivity index (χ3n) is 7.14. The van der Waals surface area contributed by atoms with Crippen molar-refractivity contribution >= 4 is 11.9 Å². The van der Waals surface area contributed by atoms with Gasteiger partial charge in [0.05, 0.1) is 24.3 Å². The van der Waals surface area contributed by atoms with Gasteiger partial charge < -0.3 is 14.2 Å². The quantitative estimate of drug-likeness (QED) is 0.0931. The fourth-order valence-corrected chi connectivity index (χ4v) is 4.26. The van der Waals surface area contributed by atoms with Crippen LogP contribution in [0, 0.1) is 11.7 Å². The Kier molecular flexibility index (Phi) is 13.4. The number of carbonyl (C=O) groups is 2. The van der Waals surface area contributed by atoms with Gasteiger partial charge in [0.25, 0.3) is 0 Å². The first-order valence-electron chi connectivity index (χ1n) is 14.9. The van der Waals surface area contributed by atoms with Crippen LogP contribution in [0.3, 0.4) is 0 Å². The number of carbonyl (C=O) groups excluding carboxylic acids is 2. The van der Waals surface area contributed by atoms with Crippen LogP contribution in [-0.4, -0.2) is 25.2 Å². The zero-order valence-corrected chi connectivity index (χ0v) is 24.6. The Morgan fingerprint density at radius 1 is 0.732 bits per heavy atom. The van der Waals surface area contributed by atoms with Gasteiger partial charge in [-0.3, -0.25) is 0 Å². The first-order valence-corrected chi connectivity index (χ1v) is 14.9. The van der Waals surface area contributed by atoms with Gasteiger partial charge >= 0.3 is 11.9 Å². The van der Waals surface area contributed by atoms with Gasteiger partial charge in [0.15, 0.2) is 11.6 Å². The molecule has 220 valence electrons. The second-order valence-corrected chi connectivity index (χ2v) is 10.6. The number of ether oxygens (including phenoxy) is 3. The van der Waals surface area contributed by atoms with Gasteiger partial charge in [-0.05, 0) is 72.0 Å². The minimum Gasteiger partial charge on any atom is -0.491 e. The van der Waals surface area contributed by atoms with Gasteiger partial charge in [0, 0.05) is 0 Å². The fourth-order valence-electron chi connectivity index (χ4n) is 4.26. The summed E-state index contributed by atoms with van der Waals surface area (Å²) in [4.78, 5) is 24.8. The molecule has 0 radical (unpaired) electrons. The summed E-state index contributed by atoms with van der Waals surface area (Å²) >= 11 is 0. The molecule has 0 saturated carbocycles. The molecule has 0 aliphatic carbocycles. The smallest absolute Gasteiger partial charge is 0.343 e. The minimum atomic E-state index is -0.528. The summed E-state index contributed by atoms with van der Waals surface area (Å²) in [6.07, 6.45) is 10.6. The Labute approximate surface area is 244 Å². The van der Waals surface area contributed by atoms with Crippen LogP contribution in [0.25, 0.3) is 11.1 Å². The zero-order valence-electron chi connectivity index (χ0n) is 24.6. The van der Waals surface area contributed by atoms with Crippen LogP contribution in [0.2, 0.25) is 0 Å². The number of hydrogen-bond donors (Lipinski definition) is 0. The molecule has 0 heterocycles. The van der Waals surface area contributed by atoms with Gasteiger partial charge in [-0.15, -0.1) is 0 Å². The van der Waals surface area contributed by atoms with Crippen LogP contribution < -0.4 is 9.47 Å². The SMILES string of the molecule is CCCCCCCCCCOc1ccc(-c2ccc(C(=O)Oc3ccc(C(=O)OC[C@@H](C)CC)cc3)cc2)cc1F. The van der Waals surface area contributed by atoms with E-state index in [0.717, 1.165) is 24.8 Å². The van der Waals surface area contributed by atoms with Crippen molar-refractivity contribution in [3.8, 4) is 22.6 Å². The molecule has 0 unspecified atom stereocenters. The molecule has 0 aliphatic heterocycles. The lowest BCUT2D eigenvalue weighted by Gasteiger charge is -2.10. The molecule has 0 bridgehead atoms. The van der Waals surface area contributed by atoms with Gasteiger partial charge in [-0.2, -0.15) is 0 Å². The first kappa shape index (κ1) is 31.9. The minimum absolute atomic E-state index is 0.256. The maximum absolute atomic E-state index is 14.7. The van der Waals surface area contributed by atoms with Crippen LogP contribution in [0.4, 0.5) is 4.39 Å². The highest BCUT2D eigenvalue weighted by molar-refractivity contribution is 5.92. The lowest BCUT2D eigenvalue weighted by molar-refractivity contribution is 0.0447. The molecule has 0 spiro atoms. The molecular weight excluding hydrogens is 519 g/mol. The van der Waals surface area contributed by atoms with E-state index in [4.69, 9.17) is 14.2 Å². The Morgan fingerprint density at radius 3 is 1.95 bits per heavy atom. The standard InChI is InChI=1S/C35H43FO5/c1-4-6-7-8-9-10-11-12-23-39-33-22-19-30(24-32(33)36)27-13-15-29(16-14-27)35(38)41-31-20-17-28(18-21-31)34(37)40-25-26(3)5-2/h13-22,24,26H,4-12,23,25H2,1-3H3/t26-/m0/s1. The predicted octanol–water partition coefficient (Wildman–Crippen LogP) is 9.43. The molecule has 1 atom stereocenters. The number of halogens is 1. The van der Waals surface area contributed by atoms with Crippen molar-refractivity contribution in [2.24, 2.45) is 5.92 Å². The van der Waals surface area contributed by atoms with Crippen molar-refractivity contribution in [1.29, 1.82) is 0 Å². The number of unbranched alkanes of at least 4 members (excludes halogenated alkanes) is 7. The maximum Gasteiger partial charge on any atom is 0.343 e. The average molecular weight is 563 g/mol. The van der Waals surface area contributed by atoms with Gasteiger partial charge in [-0.1, -0.05) is 90.3 Å². The number of hydrogen-bond acceptors (Lipinski definition) is 5. The second kappa shape index (κ2) is 17.2. The summed E-state index contributed by atoms with van der Waals surface area (Å²) in [5, 5.41) is 0. The first-order chi connectivity index (χ1) is 19.9. The molecule has 3 rings (SSSR count). The van der Waals surface area contributed by atoms with Crippen molar-refractivity contribution in [1.82, 2.24) is 0 Å². The molecule has 3 aromatic rings. The summed E-state index contributed by atoms with van der Waals surface area (Å²) in [5.41, 5.74) is 2.22. The molecule has 0 aliphatic rings. The van der Waals surface area contributed by atoms with Gasteiger partial charge in [-0.25, -0.2) is 14.0 Å². The maximum atomic E-state index is 14.7. The molecule has 0 amide bonds. The van der Waals surface area contributed by atoms with E-state index in [0.29, 0.717) is 41.6 Å². The molecule has 41 heavy (non-hydrogen) atoms. The molecule has 0 N–H and O–H groups in total. The van der Waals surface area contributed by atoms with Crippen molar-refractivity contribution in [2.75, 3.05) is 13.2 Å². The molecular formula is C35H43FO5. The molecule has 6 heteroatoms. The van der Waals surface area contributed by atoms with Crippen LogP contribution in [0.5, 0.6) is 11.5 Å². The Bertz CT molecular complexity index is 1220. The lowest BCUT2D eigenvalue weighted by atomic mass is 10.0. The van der Waals surface area contributed by atoms with Crippen molar-refractivity contribution in [3.63, 3.8) is 0 Å². The van der Waals surface area contributed by atoms with Crippen LogP contribution in [-0.2, 0) is 4.74 Å². The fraction of sp³-hybridized carbons (Fsp3) is 0.429. The number of esters is 2. The summed E-state index contributed by atoms with van der Waals surface area (Å²) in [7, 11) is 0.